The zero-order chi connectivity index (χ0) is 14.8. The van der Waals surface area contributed by atoms with E-state index in [1.807, 2.05) is 0 Å². The minimum Gasteiger partial charge on any atom is -0.255 e. The van der Waals surface area contributed by atoms with Crippen LogP contribution in [0.3, 0.4) is 0 Å². The molecule has 0 fully saturated rings. The zero-order valence-corrected chi connectivity index (χ0v) is 10.6. The van der Waals surface area contributed by atoms with Gasteiger partial charge in [-0.05, 0) is 12.1 Å². The van der Waals surface area contributed by atoms with E-state index in [9.17, 15) is 21.6 Å². The van der Waals surface area contributed by atoms with Crippen LogP contribution in [0.1, 0.15) is 5.82 Å². The van der Waals surface area contributed by atoms with E-state index in [2.05, 4.69) is 20.6 Å². The van der Waals surface area contributed by atoms with Crippen LogP contribution in [0, 0.1) is 0 Å². The lowest BCUT2D eigenvalue weighted by Gasteiger charge is -2.23. The van der Waals surface area contributed by atoms with Gasteiger partial charge in [-0.15, -0.1) is 10.2 Å². The molecule has 0 radical (unpaired) electrons. The number of rotatable bonds is 4. The maximum Gasteiger partial charge on any atom is 0.516 e. The van der Waals surface area contributed by atoms with Gasteiger partial charge in [0.05, 0.1) is 12.2 Å². The summed E-state index contributed by atoms with van der Waals surface area (Å²) in [5.41, 5.74) is -5.57. The third-order valence-electron chi connectivity index (χ3n) is 2.30. The summed E-state index contributed by atoms with van der Waals surface area (Å²) >= 11 is 0. The number of para-hydroxylation sites is 1. The molecule has 0 atom stereocenters. The molecule has 0 aliphatic rings. The summed E-state index contributed by atoms with van der Waals surface area (Å²) in [6, 6.07) is 6.87. The van der Waals surface area contributed by atoms with Gasteiger partial charge in [-0.25, -0.2) is 0 Å². The van der Waals surface area contributed by atoms with Crippen molar-refractivity contribution in [2.45, 2.75) is 12.1 Å². The zero-order valence-electron chi connectivity index (χ0n) is 9.74. The van der Waals surface area contributed by atoms with Crippen LogP contribution >= 0.6 is 0 Å². The number of H-pyrrole nitrogens is 1. The van der Waals surface area contributed by atoms with E-state index in [0.717, 1.165) is 0 Å². The highest BCUT2D eigenvalue weighted by Gasteiger charge is 2.50. The molecule has 20 heavy (non-hydrogen) atoms. The lowest BCUT2D eigenvalue weighted by Crippen LogP contribution is -2.40. The summed E-state index contributed by atoms with van der Waals surface area (Å²) in [5, 5.41) is 12.1. The van der Waals surface area contributed by atoms with Crippen molar-refractivity contribution >= 4 is 15.7 Å². The monoisotopic (exact) mass is 307 g/mol. The first-order valence-corrected chi connectivity index (χ1v) is 6.63. The summed E-state index contributed by atoms with van der Waals surface area (Å²) in [6.45, 7) is -0.678. The Balaban J connectivity index is 2.45. The number of alkyl halides is 3. The summed E-state index contributed by atoms with van der Waals surface area (Å²) in [5.74, 6) is -0.179. The highest BCUT2D eigenvalue weighted by atomic mass is 32.2. The van der Waals surface area contributed by atoms with Crippen LogP contribution in [0.25, 0.3) is 0 Å². The Hall–Kier alpha value is -2.17. The third kappa shape index (κ3) is 2.71. The molecule has 0 saturated carbocycles. The molecule has 0 aliphatic carbocycles. The summed E-state index contributed by atoms with van der Waals surface area (Å²) in [7, 11) is -5.56. The summed E-state index contributed by atoms with van der Waals surface area (Å²) in [4.78, 5) is 0. The third-order valence-corrected chi connectivity index (χ3v) is 3.81. The molecule has 0 unspecified atom stereocenters. The summed E-state index contributed by atoms with van der Waals surface area (Å²) in [6.07, 6.45) is 0. The molecule has 1 N–H and O–H groups in total. The van der Waals surface area contributed by atoms with Crippen LogP contribution < -0.4 is 4.31 Å². The Bertz CT molecular complexity index is 657. The molecule has 0 bridgehead atoms. The molecular weight excluding hydrogens is 299 g/mol. The number of benzene rings is 1. The molecular formula is C9H8F3N5O2S. The Labute approximate surface area is 111 Å². The molecule has 0 amide bonds. The number of sulfonamides is 1. The lowest BCUT2D eigenvalue weighted by molar-refractivity contribution is -0.0438. The van der Waals surface area contributed by atoms with Crippen LogP contribution in [0.15, 0.2) is 30.3 Å². The van der Waals surface area contributed by atoms with E-state index in [1.165, 1.54) is 24.3 Å². The molecule has 2 aromatic rings. The minimum absolute atomic E-state index is 0.144. The molecule has 11 heteroatoms. The number of aromatic amines is 1. The predicted molar refractivity (Wildman–Crippen MR) is 61.8 cm³/mol. The van der Waals surface area contributed by atoms with Gasteiger partial charge in [0.15, 0.2) is 5.82 Å². The Morgan fingerprint density at radius 1 is 1.20 bits per heavy atom. The molecule has 1 heterocycles. The second-order valence-electron chi connectivity index (χ2n) is 3.62. The van der Waals surface area contributed by atoms with Crippen molar-refractivity contribution in [2.75, 3.05) is 4.31 Å². The van der Waals surface area contributed by atoms with Crippen molar-refractivity contribution in [1.29, 1.82) is 0 Å². The topological polar surface area (TPSA) is 91.8 Å². The van der Waals surface area contributed by atoms with Crippen molar-refractivity contribution in [2.24, 2.45) is 0 Å². The van der Waals surface area contributed by atoms with Gasteiger partial charge in [-0.2, -0.15) is 26.8 Å². The van der Waals surface area contributed by atoms with Gasteiger partial charge in [0.1, 0.15) is 0 Å². The second-order valence-corrected chi connectivity index (χ2v) is 5.47. The molecule has 1 aromatic heterocycles. The number of hydrogen-bond acceptors (Lipinski definition) is 5. The van der Waals surface area contributed by atoms with Gasteiger partial charge < -0.3 is 0 Å². The van der Waals surface area contributed by atoms with E-state index < -0.39 is 22.1 Å². The first-order chi connectivity index (χ1) is 9.32. The lowest BCUT2D eigenvalue weighted by atomic mass is 10.3. The van der Waals surface area contributed by atoms with Gasteiger partial charge in [-0.3, -0.25) is 4.31 Å². The second kappa shape index (κ2) is 5.07. The Morgan fingerprint density at radius 2 is 1.85 bits per heavy atom. The molecule has 108 valence electrons. The number of tetrazole rings is 1. The predicted octanol–water partition coefficient (Wildman–Crippen LogP) is 1.06. The normalized spacial score (nSPS) is 12.3. The first-order valence-electron chi connectivity index (χ1n) is 5.19. The molecule has 0 saturated heterocycles. The highest BCUT2D eigenvalue weighted by Crippen LogP contribution is 2.31. The van der Waals surface area contributed by atoms with E-state index in [4.69, 9.17) is 0 Å². The van der Waals surface area contributed by atoms with Crippen LogP contribution in [-0.2, 0) is 16.6 Å². The molecule has 0 spiro atoms. The average Bonchev–Trinajstić information content (AvgIpc) is 2.88. The van der Waals surface area contributed by atoms with Crippen molar-refractivity contribution in [3.8, 4) is 0 Å². The van der Waals surface area contributed by atoms with Gasteiger partial charge in [0, 0.05) is 0 Å². The van der Waals surface area contributed by atoms with E-state index in [0.29, 0.717) is 0 Å². The maximum atomic E-state index is 12.7. The first kappa shape index (κ1) is 14.2. The number of halogens is 3. The number of hydrogen-bond donors (Lipinski definition) is 1. The van der Waals surface area contributed by atoms with Crippen molar-refractivity contribution < 1.29 is 21.6 Å². The van der Waals surface area contributed by atoms with Crippen molar-refractivity contribution in [1.82, 2.24) is 20.6 Å². The maximum absolute atomic E-state index is 12.7. The van der Waals surface area contributed by atoms with Gasteiger partial charge in [-0.1, -0.05) is 23.4 Å². The fourth-order valence-electron chi connectivity index (χ4n) is 1.41. The fraction of sp³-hybridized carbons (Fsp3) is 0.222. The highest BCUT2D eigenvalue weighted by molar-refractivity contribution is 7.93. The summed E-state index contributed by atoms with van der Waals surface area (Å²) < 4.78 is 61.5. The fourth-order valence-corrected chi connectivity index (χ4v) is 2.35. The Morgan fingerprint density at radius 3 is 2.35 bits per heavy atom. The van der Waals surface area contributed by atoms with E-state index in [-0.39, 0.29) is 15.8 Å². The van der Waals surface area contributed by atoms with Crippen molar-refractivity contribution in [3.05, 3.63) is 36.2 Å². The van der Waals surface area contributed by atoms with Crippen LogP contribution in [0.4, 0.5) is 18.9 Å². The molecule has 0 aliphatic heterocycles. The van der Waals surface area contributed by atoms with E-state index in [1.54, 1.807) is 6.07 Å². The minimum atomic E-state index is -5.56. The van der Waals surface area contributed by atoms with Crippen LogP contribution in [-0.4, -0.2) is 34.6 Å². The average molecular weight is 307 g/mol. The number of aromatic nitrogens is 4. The van der Waals surface area contributed by atoms with Gasteiger partial charge in [0.25, 0.3) is 0 Å². The number of anilines is 1. The standard InChI is InChI=1S/C9H8F3N5O2S/c10-9(11,12)20(18,19)17(6-8-13-15-16-14-8)7-4-2-1-3-5-7/h1-5H,6H2,(H,13,14,15,16). The quantitative estimate of drug-likeness (QED) is 0.911. The Kier molecular flexibility index (Phi) is 3.61. The van der Waals surface area contributed by atoms with Gasteiger partial charge in [0.2, 0.25) is 0 Å². The van der Waals surface area contributed by atoms with Crippen LogP contribution in [0.5, 0.6) is 0 Å². The smallest absolute Gasteiger partial charge is 0.255 e. The van der Waals surface area contributed by atoms with Crippen LogP contribution in [0.2, 0.25) is 0 Å². The molecule has 2 rings (SSSR count). The molecule has 1 aromatic carbocycles. The number of nitrogens with one attached hydrogen (secondary N) is 1. The number of nitrogens with zero attached hydrogens (tertiary/aromatic N) is 4. The van der Waals surface area contributed by atoms with E-state index >= 15 is 0 Å². The van der Waals surface area contributed by atoms with Crippen molar-refractivity contribution in [3.63, 3.8) is 0 Å². The largest absolute Gasteiger partial charge is 0.516 e. The van der Waals surface area contributed by atoms with Gasteiger partial charge >= 0.3 is 15.5 Å². The molecule has 7 nitrogen and oxygen atoms in total. The SMILES string of the molecule is O=S(=O)(N(Cc1nn[nH]n1)c1ccccc1)C(F)(F)F.